The third kappa shape index (κ3) is 4.47. The Kier molecular flexibility index (Phi) is 5.89. The minimum atomic E-state index is 0.128. The van der Waals surface area contributed by atoms with Gasteiger partial charge in [0.15, 0.2) is 11.6 Å². The number of anilines is 3. The standard InChI is InChI=1S/C18H23N7O4/c26-23-16-11-17-19-4-8-25(17)18(22-16)21-15-10-13(14(29-27)12-20-15)28-9-3-7-24-5-1-2-6-24/h4,8,10-12,23,26-27H,1-3,5-7,9H2,(H,20,21,22). The number of nitrogens with zero attached hydrogens (tertiary/aromatic N) is 5. The third-order valence-electron chi connectivity index (χ3n) is 4.75. The Labute approximate surface area is 166 Å². The summed E-state index contributed by atoms with van der Waals surface area (Å²) in [7, 11) is 0. The van der Waals surface area contributed by atoms with E-state index in [2.05, 4.69) is 30.1 Å². The summed E-state index contributed by atoms with van der Waals surface area (Å²) in [4.78, 5) is 19.4. The molecule has 29 heavy (non-hydrogen) atoms. The highest BCUT2D eigenvalue weighted by Crippen LogP contribution is 2.29. The number of rotatable bonds is 9. The van der Waals surface area contributed by atoms with Crippen molar-refractivity contribution in [1.29, 1.82) is 0 Å². The summed E-state index contributed by atoms with van der Waals surface area (Å²) in [5, 5.41) is 21.3. The first kappa shape index (κ1) is 19.2. The van der Waals surface area contributed by atoms with E-state index in [0.717, 1.165) is 26.1 Å². The first-order valence-electron chi connectivity index (χ1n) is 9.44. The zero-order valence-corrected chi connectivity index (χ0v) is 15.8. The predicted octanol–water partition coefficient (Wildman–Crippen LogP) is 2.39. The van der Waals surface area contributed by atoms with E-state index < -0.39 is 0 Å². The lowest BCUT2D eigenvalue weighted by molar-refractivity contribution is -0.139. The van der Waals surface area contributed by atoms with E-state index in [9.17, 15) is 5.21 Å². The highest BCUT2D eigenvalue weighted by molar-refractivity contribution is 5.60. The topological polar surface area (TPSA) is 129 Å². The van der Waals surface area contributed by atoms with Crippen LogP contribution in [-0.4, -0.2) is 61.0 Å². The minimum Gasteiger partial charge on any atom is -0.489 e. The van der Waals surface area contributed by atoms with Crippen LogP contribution in [0.2, 0.25) is 0 Å². The number of aromatic nitrogens is 4. The molecule has 154 valence electrons. The Morgan fingerprint density at radius 2 is 1.97 bits per heavy atom. The molecule has 11 heteroatoms. The van der Waals surface area contributed by atoms with E-state index in [1.54, 1.807) is 28.9 Å². The number of pyridine rings is 1. The van der Waals surface area contributed by atoms with Gasteiger partial charge in [0, 0.05) is 31.1 Å². The van der Waals surface area contributed by atoms with Gasteiger partial charge in [-0.05, 0) is 32.4 Å². The van der Waals surface area contributed by atoms with Gasteiger partial charge in [0.2, 0.25) is 11.7 Å². The number of hydrogen-bond acceptors (Lipinski definition) is 10. The molecule has 4 N–H and O–H groups in total. The van der Waals surface area contributed by atoms with Crippen molar-refractivity contribution in [2.75, 3.05) is 37.0 Å². The number of ether oxygens (including phenoxy) is 1. The molecule has 1 fully saturated rings. The molecular weight excluding hydrogens is 378 g/mol. The van der Waals surface area contributed by atoms with E-state index in [1.165, 1.54) is 19.0 Å². The van der Waals surface area contributed by atoms with Crippen molar-refractivity contribution in [3.63, 3.8) is 0 Å². The summed E-state index contributed by atoms with van der Waals surface area (Å²) < 4.78 is 7.50. The second-order valence-electron chi connectivity index (χ2n) is 6.72. The van der Waals surface area contributed by atoms with E-state index in [4.69, 9.17) is 9.99 Å². The maximum absolute atomic E-state index is 9.18. The molecule has 0 aliphatic carbocycles. The number of likely N-dealkylation sites (tertiary alicyclic amines) is 1. The van der Waals surface area contributed by atoms with Gasteiger partial charge in [-0.3, -0.25) is 15.1 Å². The van der Waals surface area contributed by atoms with Crippen molar-refractivity contribution >= 4 is 23.2 Å². The van der Waals surface area contributed by atoms with Gasteiger partial charge in [0.05, 0.1) is 12.8 Å². The normalized spacial score (nSPS) is 14.3. The second kappa shape index (κ2) is 8.90. The Morgan fingerprint density at radius 1 is 1.10 bits per heavy atom. The summed E-state index contributed by atoms with van der Waals surface area (Å²) >= 11 is 0. The fourth-order valence-electron chi connectivity index (χ4n) is 3.33. The SMILES string of the molecule is ONc1cc2nccn2c(Nc2cc(OCCCN3CCCC3)c(OO)cn2)n1. The molecule has 0 radical (unpaired) electrons. The molecule has 4 heterocycles. The van der Waals surface area contributed by atoms with Crippen LogP contribution in [0.5, 0.6) is 11.5 Å². The zero-order valence-electron chi connectivity index (χ0n) is 15.8. The van der Waals surface area contributed by atoms with Gasteiger partial charge >= 0.3 is 0 Å². The van der Waals surface area contributed by atoms with Crippen LogP contribution in [0.1, 0.15) is 19.3 Å². The van der Waals surface area contributed by atoms with Crippen LogP contribution in [0.3, 0.4) is 0 Å². The van der Waals surface area contributed by atoms with Crippen LogP contribution in [0.4, 0.5) is 17.6 Å². The molecule has 1 aliphatic rings. The number of imidazole rings is 1. The summed E-state index contributed by atoms with van der Waals surface area (Å²) in [5.41, 5.74) is 2.61. The average molecular weight is 401 g/mol. The molecule has 0 amide bonds. The van der Waals surface area contributed by atoms with Crippen LogP contribution < -0.4 is 20.4 Å². The van der Waals surface area contributed by atoms with Crippen LogP contribution in [0.15, 0.2) is 30.7 Å². The maximum Gasteiger partial charge on any atom is 0.225 e. The fourth-order valence-corrected chi connectivity index (χ4v) is 3.33. The Bertz CT molecular complexity index is 959. The van der Waals surface area contributed by atoms with Crippen molar-refractivity contribution in [1.82, 2.24) is 24.3 Å². The smallest absolute Gasteiger partial charge is 0.225 e. The van der Waals surface area contributed by atoms with Gasteiger partial charge < -0.3 is 19.8 Å². The van der Waals surface area contributed by atoms with Gasteiger partial charge in [0.1, 0.15) is 11.5 Å². The molecule has 0 saturated carbocycles. The lowest BCUT2D eigenvalue weighted by Crippen LogP contribution is -2.22. The molecule has 3 aromatic rings. The van der Waals surface area contributed by atoms with Gasteiger partial charge in [-0.1, -0.05) is 0 Å². The number of nitrogens with one attached hydrogen (secondary N) is 2. The molecule has 4 rings (SSSR count). The average Bonchev–Trinajstić information content (AvgIpc) is 3.43. The zero-order chi connectivity index (χ0) is 20.1. The summed E-state index contributed by atoms with van der Waals surface area (Å²) in [6, 6.07) is 3.21. The van der Waals surface area contributed by atoms with Crippen LogP contribution in [0.25, 0.3) is 5.65 Å². The molecule has 0 aromatic carbocycles. The van der Waals surface area contributed by atoms with E-state index >= 15 is 0 Å². The van der Waals surface area contributed by atoms with Gasteiger partial charge in [-0.25, -0.2) is 15.2 Å². The lowest BCUT2D eigenvalue weighted by atomic mass is 10.3. The van der Waals surface area contributed by atoms with Crippen molar-refractivity contribution < 1.29 is 20.1 Å². The Balaban J connectivity index is 1.47. The molecular formula is C18H23N7O4. The van der Waals surface area contributed by atoms with E-state index in [1.807, 2.05) is 5.48 Å². The third-order valence-corrected chi connectivity index (χ3v) is 4.75. The van der Waals surface area contributed by atoms with Crippen molar-refractivity contribution in [2.24, 2.45) is 0 Å². The molecule has 0 spiro atoms. The number of fused-ring (bicyclic) bond motifs is 1. The molecule has 0 unspecified atom stereocenters. The first-order chi connectivity index (χ1) is 14.3. The Hall–Kier alpha value is -3.15. The largest absolute Gasteiger partial charge is 0.489 e. The van der Waals surface area contributed by atoms with Gasteiger partial charge in [-0.2, -0.15) is 4.98 Å². The maximum atomic E-state index is 9.18. The molecule has 3 aromatic heterocycles. The molecule has 0 atom stereocenters. The summed E-state index contributed by atoms with van der Waals surface area (Å²) in [5.74, 6) is 1.55. The minimum absolute atomic E-state index is 0.128. The molecule has 1 aliphatic heterocycles. The first-order valence-corrected chi connectivity index (χ1v) is 9.44. The Morgan fingerprint density at radius 3 is 2.76 bits per heavy atom. The van der Waals surface area contributed by atoms with Crippen molar-refractivity contribution in [3.8, 4) is 11.5 Å². The number of hydrogen-bond donors (Lipinski definition) is 4. The van der Waals surface area contributed by atoms with Gasteiger partial charge in [-0.15, -0.1) is 0 Å². The predicted molar refractivity (Wildman–Crippen MR) is 105 cm³/mol. The van der Waals surface area contributed by atoms with E-state index in [0.29, 0.717) is 29.8 Å². The lowest BCUT2D eigenvalue weighted by Gasteiger charge is -2.15. The monoisotopic (exact) mass is 401 g/mol. The second-order valence-corrected chi connectivity index (χ2v) is 6.72. The van der Waals surface area contributed by atoms with Crippen molar-refractivity contribution in [3.05, 3.63) is 30.7 Å². The molecule has 1 saturated heterocycles. The van der Waals surface area contributed by atoms with Gasteiger partial charge in [0.25, 0.3) is 0 Å². The van der Waals surface area contributed by atoms with Crippen LogP contribution >= 0.6 is 0 Å². The van der Waals surface area contributed by atoms with Crippen LogP contribution in [-0.2, 0) is 0 Å². The summed E-state index contributed by atoms with van der Waals surface area (Å²) in [6.07, 6.45) is 8.10. The molecule has 0 bridgehead atoms. The van der Waals surface area contributed by atoms with E-state index in [-0.39, 0.29) is 11.6 Å². The highest BCUT2D eigenvalue weighted by atomic mass is 17.1. The van der Waals surface area contributed by atoms with Crippen molar-refractivity contribution in [2.45, 2.75) is 19.3 Å². The fraction of sp³-hybridized carbons (Fsp3) is 0.389. The molecule has 11 nitrogen and oxygen atoms in total. The summed E-state index contributed by atoms with van der Waals surface area (Å²) in [6.45, 7) is 3.76. The highest BCUT2D eigenvalue weighted by Gasteiger charge is 2.13. The quantitative estimate of drug-likeness (QED) is 0.241. The van der Waals surface area contributed by atoms with Crippen LogP contribution in [0, 0.1) is 0 Å².